The highest BCUT2D eigenvalue weighted by Crippen LogP contribution is 2.21. The first-order valence-electron chi connectivity index (χ1n) is 4.50. The third-order valence-electron chi connectivity index (χ3n) is 1.89. The number of nitrogens with one attached hydrogen (secondary N) is 1. The fourth-order valence-corrected chi connectivity index (χ4v) is 1.09. The van der Waals surface area contributed by atoms with E-state index >= 15 is 0 Å². The molecule has 0 unspecified atom stereocenters. The molecule has 0 atom stereocenters. The highest BCUT2D eigenvalue weighted by molar-refractivity contribution is 5.77. The van der Waals surface area contributed by atoms with Crippen LogP contribution >= 0.6 is 0 Å². The molecule has 0 aliphatic carbocycles. The number of para-hydroxylation sites is 1. The fraction of sp³-hybridized carbons (Fsp3) is 0.300. The molecule has 0 saturated carbocycles. The maximum atomic E-state index is 13.3. The molecular formula is C10H13FN2O2. The Morgan fingerprint density at radius 2 is 2.33 bits per heavy atom. The summed E-state index contributed by atoms with van der Waals surface area (Å²) < 4.78 is 18.3. The molecule has 0 aliphatic heterocycles. The molecule has 0 aromatic heterocycles. The van der Waals surface area contributed by atoms with E-state index in [1.165, 1.54) is 13.1 Å². The highest BCUT2D eigenvalue weighted by atomic mass is 19.1. The quantitative estimate of drug-likeness (QED) is 0.759. The van der Waals surface area contributed by atoms with Crippen molar-refractivity contribution < 1.29 is 13.9 Å². The number of hydrogen-bond donors (Lipinski definition) is 2. The van der Waals surface area contributed by atoms with Crippen molar-refractivity contribution in [1.82, 2.24) is 5.32 Å². The van der Waals surface area contributed by atoms with E-state index in [-0.39, 0.29) is 24.8 Å². The number of halogens is 1. The molecular weight excluding hydrogens is 199 g/mol. The predicted molar refractivity (Wildman–Crippen MR) is 53.9 cm³/mol. The Balaban J connectivity index is 2.78. The SMILES string of the molecule is CNC(=O)COc1c(F)cccc1CN. The van der Waals surface area contributed by atoms with Crippen LogP contribution in [-0.2, 0) is 11.3 Å². The van der Waals surface area contributed by atoms with Crippen LogP contribution in [-0.4, -0.2) is 19.6 Å². The van der Waals surface area contributed by atoms with Crippen LogP contribution in [0.4, 0.5) is 4.39 Å². The normalized spacial score (nSPS) is 9.80. The molecule has 0 aliphatic rings. The maximum Gasteiger partial charge on any atom is 0.257 e. The molecule has 0 saturated heterocycles. The molecule has 0 fully saturated rings. The molecule has 1 amide bonds. The summed E-state index contributed by atoms with van der Waals surface area (Å²) in [5.74, 6) is -0.785. The van der Waals surface area contributed by atoms with Gasteiger partial charge in [0, 0.05) is 19.2 Å². The Labute approximate surface area is 87.2 Å². The van der Waals surface area contributed by atoms with Gasteiger partial charge < -0.3 is 15.8 Å². The zero-order valence-electron chi connectivity index (χ0n) is 8.42. The second-order valence-corrected chi connectivity index (χ2v) is 2.89. The van der Waals surface area contributed by atoms with Crippen LogP contribution in [0.15, 0.2) is 18.2 Å². The van der Waals surface area contributed by atoms with Crippen LogP contribution < -0.4 is 15.8 Å². The second kappa shape index (κ2) is 5.31. The van der Waals surface area contributed by atoms with Crippen LogP contribution in [0.1, 0.15) is 5.56 Å². The number of carbonyl (C=O) groups is 1. The Hall–Kier alpha value is -1.62. The van der Waals surface area contributed by atoms with Gasteiger partial charge in [-0.2, -0.15) is 0 Å². The van der Waals surface area contributed by atoms with Crippen molar-refractivity contribution in [3.8, 4) is 5.75 Å². The van der Waals surface area contributed by atoms with Gasteiger partial charge in [0.1, 0.15) is 0 Å². The summed E-state index contributed by atoms with van der Waals surface area (Å²) in [6.45, 7) is -0.0503. The average molecular weight is 212 g/mol. The van der Waals surface area contributed by atoms with E-state index in [9.17, 15) is 9.18 Å². The molecule has 3 N–H and O–H groups in total. The monoisotopic (exact) mass is 212 g/mol. The van der Waals surface area contributed by atoms with Crippen molar-refractivity contribution in [2.24, 2.45) is 5.73 Å². The van der Waals surface area contributed by atoms with Crippen molar-refractivity contribution in [2.45, 2.75) is 6.54 Å². The summed E-state index contributed by atoms with van der Waals surface area (Å²) in [6.07, 6.45) is 0. The summed E-state index contributed by atoms with van der Waals surface area (Å²) in [7, 11) is 1.48. The van der Waals surface area contributed by atoms with Crippen molar-refractivity contribution in [2.75, 3.05) is 13.7 Å². The summed E-state index contributed by atoms with van der Waals surface area (Å²) in [5, 5.41) is 2.37. The van der Waals surface area contributed by atoms with E-state index in [0.29, 0.717) is 5.56 Å². The first-order valence-corrected chi connectivity index (χ1v) is 4.50. The molecule has 1 aromatic carbocycles. The van der Waals surface area contributed by atoms with Gasteiger partial charge in [-0.25, -0.2) is 4.39 Å². The number of amides is 1. The van der Waals surface area contributed by atoms with Crippen LogP contribution in [0.5, 0.6) is 5.75 Å². The van der Waals surface area contributed by atoms with Crippen molar-refractivity contribution in [3.05, 3.63) is 29.6 Å². The average Bonchev–Trinajstić information content (AvgIpc) is 2.26. The number of likely N-dealkylation sites (N-methyl/N-ethyl adjacent to an activating group) is 1. The maximum absolute atomic E-state index is 13.3. The first-order chi connectivity index (χ1) is 7.19. The zero-order chi connectivity index (χ0) is 11.3. The third-order valence-corrected chi connectivity index (χ3v) is 1.89. The number of benzene rings is 1. The minimum atomic E-state index is -0.512. The third kappa shape index (κ3) is 2.92. The van der Waals surface area contributed by atoms with Crippen LogP contribution in [0, 0.1) is 5.82 Å². The fourth-order valence-electron chi connectivity index (χ4n) is 1.09. The van der Waals surface area contributed by atoms with Gasteiger partial charge in [0.15, 0.2) is 18.2 Å². The van der Waals surface area contributed by atoms with Gasteiger partial charge >= 0.3 is 0 Å². The highest BCUT2D eigenvalue weighted by Gasteiger charge is 2.09. The molecule has 0 heterocycles. The van der Waals surface area contributed by atoms with Crippen molar-refractivity contribution in [3.63, 3.8) is 0 Å². The molecule has 1 rings (SSSR count). The minimum absolute atomic E-state index is 0.0450. The lowest BCUT2D eigenvalue weighted by Crippen LogP contribution is -2.25. The molecule has 0 radical (unpaired) electrons. The van der Waals surface area contributed by atoms with Crippen LogP contribution in [0.3, 0.4) is 0 Å². The lowest BCUT2D eigenvalue weighted by atomic mass is 10.2. The second-order valence-electron chi connectivity index (χ2n) is 2.89. The lowest BCUT2D eigenvalue weighted by Gasteiger charge is -2.10. The van der Waals surface area contributed by atoms with E-state index in [2.05, 4.69) is 5.32 Å². The summed E-state index contributed by atoms with van der Waals surface area (Å²) in [4.78, 5) is 10.9. The molecule has 4 nitrogen and oxygen atoms in total. The Morgan fingerprint density at radius 3 is 2.93 bits per heavy atom. The number of hydrogen-bond acceptors (Lipinski definition) is 3. The van der Waals surface area contributed by atoms with Gasteiger partial charge in [0.05, 0.1) is 0 Å². The standard InChI is InChI=1S/C10H13FN2O2/c1-13-9(14)6-15-10-7(5-12)3-2-4-8(10)11/h2-4H,5-6,12H2,1H3,(H,13,14). The van der Waals surface area contributed by atoms with Crippen molar-refractivity contribution >= 4 is 5.91 Å². The van der Waals surface area contributed by atoms with Gasteiger partial charge in [0.2, 0.25) is 0 Å². The minimum Gasteiger partial charge on any atom is -0.480 e. The van der Waals surface area contributed by atoms with E-state index in [4.69, 9.17) is 10.5 Å². The predicted octanol–water partition coefficient (Wildman–Crippen LogP) is 0.409. The Bertz CT molecular complexity index is 355. The van der Waals surface area contributed by atoms with Crippen LogP contribution in [0.2, 0.25) is 0 Å². The van der Waals surface area contributed by atoms with Gasteiger partial charge in [-0.05, 0) is 6.07 Å². The number of rotatable bonds is 4. The smallest absolute Gasteiger partial charge is 0.257 e. The number of nitrogens with two attached hydrogens (primary N) is 1. The van der Waals surface area contributed by atoms with E-state index in [1.807, 2.05) is 0 Å². The van der Waals surface area contributed by atoms with Gasteiger partial charge in [0.25, 0.3) is 5.91 Å². The zero-order valence-corrected chi connectivity index (χ0v) is 8.42. The topological polar surface area (TPSA) is 64.3 Å². The molecule has 1 aromatic rings. The lowest BCUT2D eigenvalue weighted by molar-refractivity contribution is -0.122. The largest absolute Gasteiger partial charge is 0.480 e. The Morgan fingerprint density at radius 1 is 1.60 bits per heavy atom. The van der Waals surface area contributed by atoms with Crippen LogP contribution in [0.25, 0.3) is 0 Å². The summed E-state index contributed by atoms with van der Waals surface area (Å²) >= 11 is 0. The van der Waals surface area contributed by atoms with E-state index < -0.39 is 5.82 Å². The summed E-state index contributed by atoms with van der Waals surface area (Å²) in [5.41, 5.74) is 5.95. The molecule has 0 spiro atoms. The number of carbonyl (C=O) groups excluding carboxylic acids is 1. The molecule has 0 bridgehead atoms. The number of ether oxygens (including phenoxy) is 1. The van der Waals surface area contributed by atoms with E-state index in [0.717, 1.165) is 0 Å². The molecule has 5 heteroatoms. The van der Waals surface area contributed by atoms with Gasteiger partial charge in [-0.15, -0.1) is 0 Å². The first kappa shape index (κ1) is 11.5. The Kier molecular flexibility index (Phi) is 4.05. The van der Waals surface area contributed by atoms with Gasteiger partial charge in [-0.3, -0.25) is 4.79 Å². The van der Waals surface area contributed by atoms with Crippen molar-refractivity contribution in [1.29, 1.82) is 0 Å². The van der Waals surface area contributed by atoms with Gasteiger partial charge in [-0.1, -0.05) is 12.1 Å². The van der Waals surface area contributed by atoms with E-state index in [1.54, 1.807) is 12.1 Å². The molecule has 82 valence electrons. The summed E-state index contributed by atoms with van der Waals surface area (Å²) in [6, 6.07) is 4.46. The molecule has 15 heavy (non-hydrogen) atoms.